The summed E-state index contributed by atoms with van der Waals surface area (Å²) in [4.78, 5) is 74.6. The van der Waals surface area contributed by atoms with Crippen molar-refractivity contribution in [3.8, 4) is 0 Å². The van der Waals surface area contributed by atoms with E-state index in [1.165, 1.54) is 36.4 Å². The molecule has 3 saturated carbocycles. The third-order valence-corrected chi connectivity index (χ3v) is 25.7. The molecule has 15 rings (SSSR count). The molecule has 0 unspecified atom stereocenters. The van der Waals surface area contributed by atoms with Crippen molar-refractivity contribution in [2.45, 2.75) is 187 Å². The number of rotatable bonds is 9. The first-order valence-corrected chi connectivity index (χ1v) is 38.8. The third kappa shape index (κ3) is 18.9. The number of carbonyl (C=O) groups excluding carboxylic acids is 2. The van der Waals surface area contributed by atoms with Gasteiger partial charge < -0.3 is 70.2 Å². The number of piperidine rings is 3. The number of nitrogens with zero attached hydrogens (tertiary/aromatic N) is 15. The van der Waals surface area contributed by atoms with Crippen molar-refractivity contribution < 1.29 is 48.6 Å². The van der Waals surface area contributed by atoms with Crippen LogP contribution in [0.15, 0.2) is 112 Å². The van der Waals surface area contributed by atoms with E-state index in [0.29, 0.717) is 37.5 Å². The number of hydrogen-bond donors (Lipinski definition) is 4. The van der Waals surface area contributed by atoms with Crippen LogP contribution in [0.4, 0.5) is 33.3 Å². The normalized spacial score (nSPS) is 19.6. The fourth-order valence-corrected chi connectivity index (χ4v) is 18.3. The van der Waals surface area contributed by atoms with Crippen LogP contribution in [0.25, 0.3) is 16.9 Å². The minimum Gasteiger partial charge on any atom is -0.813 e. The molecule has 9 aromatic rings. The maximum Gasteiger partial charge on any atom is 1.00 e. The van der Waals surface area contributed by atoms with Gasteiger partial charge in [0.2, 0.25) is 17.8 Å². The van der Waals surface area contributed by atoms with Gasteiger partial charge in [-0.2, -0.15) is 0 Å². The number of alkyl carbamates (subject to hydrolysis) is 2. The Morgan fingerprint density at radius 3 is 1.37 bits per heavy atom. The molecule has 23 nitrogen and oxygen atoms in total. The van der Waals surface area contributed by atoms with Gasteiger partial charge in [-0.15, -0.1) is 6.20 Å². The molecule has 6 aliphatic rings. The first kappa shape index (κ1) is 80.8. The van der Waals surface area contributed by atoms with E-state index in [1.807, 2.05) is 99.7 Å². The Balaban J connectivity index is 0.000000156. The average Bonchev–Trinajstić information content (AvgIpc) is 1.74. The van der Waals surface area contributed by atoms with Crippen LogP contribution in [-0.4, -0.2) is 139 Å². The molecule has 546 valence electrons. The van der Waals surface area contributed by atoms with Gasteiger partial charge in [0.1, 0.15) is 27.3 Å². The standard InChI is InChI=1S/C25H30Cl2N6O2S.C20H22Cl2N6S.C20H28N5O2.C5H4ClIN2.Na.H2S/c1-24(2,3)35-23(34)31-18-5-4-7-25(18)8-12-32(13-9-25)22-30-15-17(21-29-11-14-33(21)22)36-16-6-10-28-20(27)19(16)26;21-16-13(3-7-24-17(16)22)29-14-12-26-19(28-11-8-25-18(14)28)27-9-5-20(6-10-27)4-1-2-15(20)23;1-19(2,3)27-18(26)23-15-5-4-7-20(15)8-12-24(13-9-20)17-22-10-6-16-21-11-14-25(16)17;6-4-3(7)1-2-9-5(4)8;;/h6,10-11,14-15,18H,4-5,7-9,12-13H2,1-3H3,(H,31,34);3,7-8,11-12,15H,1-2,4-6,9-10,23H2;10-11,14-15H,4-5,7-9,12-13H2,1-3H3,(H,23,26);1-2H,(H2,8,9);;1H2/q;;-1;;+1;/p-1/t18-;2*15-;;;/m111.../s1. The van der Waals surface area contributed by atoms with Gasteiger partial charge in [0.25, 0.3) is 0 Å². The van der Waals surface area contributed by atoms with Crippen LogP contribution >= 0.6 is 104 Å². The summed E-state index contributed by atoms with van der Waals surface area (Å²) in [5, 5.41) is 8.32. The van der Waals surface area contributed by atoms with Crippen molar-refractivity contribution in [2.75, 3.05) is 59.7 Å². The minimum atomic E-state index is -0.500. The van der Waals surface area contributed by atoms with Gasteiger partial charge >= 0.3 is 41.7 Å². The number of hydrogen-bond acceptors (Lipinski definition) is 21. The SMILES string of the molecule is CC(C)(C)OC(=O)N[C@@H]1CCCC12CCN(c1nc[c-]c3nccn13)CC2.CC(C)(C)OC(=O)N[C@@H]1CCCC12CCN(c1ncc(Sc3ccnc(Cl)c3Cl)c3nccn13)CC2.N[C@@H]1CCCC12CCN(c1ncc(Sc3ccnc(Cl)c3Cl)c3nccn13)CC2.Nc1nccc(I)c1Cl.[Na+].[SH-]. The van der Waals surface area contributed by atoms with E-state index in [-0.39, 0.29) is 83.3 Å². The minimum absolute atomic E-state index is 0. The second-order valence-corrected chi connectivity index (χ2v) is 33.8. The number of nitrogen functional groups attached to an aromatic ring is 1. The summed E-state index contributed by atoms with van der Waals surface area (Å²) in [5.74, 6) is 3.12. The van der Waals surface area contributed by atoms with Crippen molar-refractivity contribution in [3.05, 3.63) is 128 Å². The summed E-state index contributed by atoms with van der Waals surface area (Å²) in [6.07, 6.45) is 37.6. The molecule has 6 N–H and O–H groups in total. The van der Waals surface area contributed by atoms with E-state index in [2.05, 4.69) is 93.3 Å². The molecule has 0 aromatic carbocycles. The van der Waals surface area contributed by atoms with E-state index in [9.17, 15) is 9.59 Å². The van der Waals surface area contributed by atoms with Gasteiger partial charge in [0, 0.05) is 139 Å². The van der Waals surface area contributed by atoms with Crippen LogP contribution in [0.3, 0.4) is 0 Å². The maximum atomic E-state index is 12.5. The third-order valence-electron chi connectivity index (χ3n) is 20.2. The van der Waals surface area contributed by atoms with Crippen LogP contribution in [0, 0.1) is 25.9 Å². The number of thiol groups is 1. The number of ether oxygens (including phenoxy) is 2. The van der Waals surface area contributed by atoms with E-state index >= 15 is 0 Å². The van der Waals surface area contributed by atoms with Crippen molar-refractivity contribution in [3.63, 3.8) is 0 Å². The fraction of sp³-hybridized carbons (Fsp3) is 0.500. The molecule has 3 aliphatic heterocycles. The van der Waals surface area contributed by atoms with Gasteiger partial charge in [-0.3, -0.25) is 18.8 Å². The predicted octanol–water partition coefficient (Wildman–Crippen LogP) is 12.8. The van der Waals surface area contributed by atoms with Crippen molar-refractivity contribution in [1.82, 2.24) is 68.7 Å². The molecule has 0 radical (unpaired) electrons. The number of fused-ring (bicyclic) bond motifs is 3. The largest absolute Gasteiger partial charge is 1.00 e. The van der Waals surface area contributed by atoms with Gasteiger partial charge in [0.05, 0.1) is 24.9 Å². The van der Waals surface area contributed by atoms with Crippen LogP contribution in [0.2, 0.25) is 25.4 Å². The van der Waals surface area contributed by atoms with Crippen molar-refractivity contribution >= 4 is 170 Å². The number of pyridine rings is 3. The van der Waals surface area contributed by atoms with Crippen LogP contribution in [0.1, 0.15) is 138 Å². The van der Waals surface area contributed by atoms with Gasteiger partial charge in [-0.1, -0.05) is 101 Å². The molecule has 9 aromatic heterocycles. The quantitative estimate of drug-likeness (QED) is 0.0261. The van der Waals surface area contributed by atoms with E-state index in [4.69, 9.17) is 88.9 Å². The molecule has 103 heavy (non-hydrogen) atoms. The Hall–Kier alpha value is -4.76. The van der Waals surface area contributed by atoms with Crippen LogP contribution < -0.4 is 66.4 Å². The molecule has 12 heterocycles. The number of nitrogens with one attached hydrogen (secondary N) is 2. The molecule has 0 bridgehead atoms. The summed E-state index contributed by atoms with van der Waals surface area (Å²) in [5.41, 5.74) is 13.9. The first-order valence-electron chi connectivity index (χ1n) is 34.1. The Morgan fingerprint density at radius 1 is 0.534 bits per heavy atom. The van der Waals surface area contributed by atoms with Crippen LogP contribution in [-0.2, 0) is 23.0 Å². The average molecular weight is 1680 g/mol. The maximum absolute atomic E-state index is 12.5. The number of nitrogens with two attached hydrogens (primary N) is 2. The number of carbonyl (C=O) groups is 2. The summed E-state index contributed by atoms with van der Waals surface area (Å²) in [7, 11) is 0. The number of imidazole rings is 3. The van der Waals surface area contributed by atoms with Crippen molar-refractivity contribution in [2.24, 2.45) is 22.0 Å². The summed E-state index contributed by atoms with van der Waals surface area (Å²) >= 11 is 35.6. The van der Waals surface area contributed by atoms with Gasteiger partial charge in [-0.05, 0) is 181 Å². The number of aromatic nitrogens is 12. The second-order valence-electron chi connectivity index (χ2n) is 28.7. The summed E-state index contributed by atoms with van der Waals surface area (Å²) in [6.45, 7) is 16.9. The molecular formula is C70H85Cl5IN19NaO4S3-. The smallest absolute Gasteiger partial charge is 0.813 e. The monoisotopic (exact) mass is 1680 g/mol. The summed E-state index contributed by atoms with van der Waals surface area (Å²) in [6, 6.07) is 9.23. The van der Waals surface area contributed by atoms with E-state index < -0.39 is 11.2 Å². The zero-order chi connectivity index (χ0) is 71.4. The Kier molecular flexibility index (Phi) is 27.2. The molecule has 3 atom stereocenters. The molecular weight excluding hydrogens is 1590 g/mol. The molecule has 3 aliphatic carbocycles. The molecule has 3 saturated heterocycles. The topological polar surface area (TPSA) is 268 Å². The van der Waals surface area contributed by atoms with Crippen molar-refractivity contribution in [1.29, 1.82) is 0 Å². The molecule has 6 fully saturated rings. The number of amides is 2. The molecule has 2 amide bonds. The van der Waals surface area contributed by atoms with E-state index in [1.54, 1.807) is 43.2 Å². The zero-order valence-corrected chi connectivity index (χ0v) is 69.2. The zero-order valence-electron chi connectivity index (χ0n) is 58.8. The Bertz CT molecular complexity index is 4390. The Morgan fingerprint density at radius 2 is 0.942 bits per heavy atom. The van der Waals surface area contributed by atoms with Gasteiger partial charge in [0.15, 0.2) is 11.3 Å². The predicted molar refractivity (Wildman–Crippen MR) is 417 cm³/mol. The number of halogens is 6. The van der Waals surface area contributed by atoms with E-state index in [0.717, 1.165) is 181 Å². The fourth-order valence-electron chi connectivity index (χ4n) is 15.1. The number of anilines is 4. The molecule has 3 spiro atoms. The Labute approximate surface area is 677 Å². The first-order chi connectivity index (χ1) is 48.3. The summed E-state index contributed by atoms with van der Waals surface area (Å²) < 4.78 is 18.0. The second kappa shape index (κ2) is 34.6. The van der Waals surface area contributed by atoms with Crippen LogP contribution in [0.5, 0.6) is 0 Å². The van der Waals surface area contributed by atoms with Gasteiger partial charge in [-0.25, -0.2) is 44.5 Å². The molecule has 33 heteroatoms.